The average Bonchev–Trinajstić information content (AvgIpc) is 3.90. The molecule has 0 radical (unpaired) electrons. The molecule has 0 saturated carbocycles. The fourth-order valence-electron chi connectivity index (χ4n) is 8.04. The van der Waals surface area contributed by atoms with Gasteiger partial charge in [0.05, 0.1) is 28.9 Å². The molecule has 3 heteroatoms. The highest BCUT2D eigenvalue weighted by Gasteiger charge is 2.21. The highest BCUT2D eigenvalue weighted by molar-refractivity contribution is 6.26. The third-order valence-corrected chi connectivity index (χ3v) is 10.2. The van der Waals surface area contributed by atoms with Crippen LogP contribution in [-0.4, -0.2) is 9.13 Å². The van der Waals surface area contributed by atoms with Crippen molar-refractivity contribution >= 4 is 65.6 Å². The summed E-state index contributed by atoms with van der Waals surface area (Å²) in [5, 5.41) is 6.21. The van der Waals surface area contributed by atoms with E-state index >= 15 is 0 Å². The maximum absolute atomic E-state index is 8.93. The van der Waals surface area contributed by atoms with Crippen LogP contribution in [0.3, 0.4) is 0 Å². The molecule has 0 atom stereocenters. The van der Waals surface area contributed by atoms with Gasteiger partial charge in [0, 0.05) is 49.3 Å². The Kier molecular flexibility index (Phi) is 4.99. The topological polar surface area (TPSA) is 23.0 Å². The predicted octanol–water partition coefficient (Wildman–Crippen LogP) is 13.1. The van der Waals surface area contributed by atoms with Gasteiger partial charge in [-0.3, -0.25) is 0 Å². The van der Waals surface area contributed by atoms with Gasteiger partial charge in [-0.05, 0) is 71.2 Å². The Labute approximate surface area is 300 Å². The van der Waals surface area contributed by atoms with Crippen molar-refractivity contribution in [1.82, 2.24) is 9.13 Å². The zero-order valence-corrected chi connectivity index (χ0v) is 27.2. The first-order valence-electron chi connectivity index (χ1n) is 19.5. The molecule has 0 aliphatic rings. The van der Waals surface area contributed by atoms with Gasteiger partial charge in [0.1, 0.15) is 11.2 Å². The molecule has 11 aromatic rings. The Morgan fingerprint density at radius 3 is 1.96 bits per heavy atom. The van der Waals surface area contributed by atoms with Gasteiger partial charge >= 0.3 is 0 Å². The van der Waals surface area contributed by atoms with Crippen molar-refractivity contribution in [3.63, 3.8) is 0 Å². The Bertz CT molecular complexity index is 3420. The Morgan fingerprint density at radius 2 is 1.10 bits per heavy atom. The SMILES string of the molecule is [2H]c1c([2H])c([2H])c(-n2c3ccccc3c3c2ccc2c4ccccc4n(-c4cccc(-c5cccc(-c6cccc7c6oc6ccccc67)c5)c4)c23)c([2H])c1[2H]. The zero-order valence-electron chi connectivity index (χ0n) is 32.2. The van der Waals surface area contributed by atoms with Crippen LogP contribution >= 0.6 is 0 Å². The van der Waals surface area contributed by atoms with Crippen LogP contribution in [0.15, 0.2) is 186 Å². The molecule has 0 saturated heterocycles. The summed E-state index contributed by atoms with van der Waals surface area (Å²) in [6.45, 7) is 0. The van der Waals surface area contributed by atoms with E-state index in [0.717, 1.165) is 93.5 Å². The first-order chi connectivity index (χ1) is 27.4. The molecule has 8 aromatic carbocycles. The van der Waals surface area contributed by atoms with E-state index < -0.39 is 6.04 Å². The standard InChI is InChI=1S/C48H30N2O/c1-2-16-34(17-3-1)49-43-25-8-5-21-41(43)46-44(49)28-27-39-37-19-4-7-24-42(37)50(47(39)46)35-18-11-14-32(30-35)31-13-10-15-33(29-31)36-22-12-23-40-38-20-6-9-26-45(38)51-48(36)40/h1-30H/i1D,2D,3D,16D,17D. The molecule has 51 heavy (non-hydrogen) atoms. The largest absolute Gasteiger partial charge is 0.455 e. The van der Waals surface area contributed by atoms with Gasteiger partial charge in [0.25, 0.3) is 0 Å². The van der Waals surface area contributed by atoms with E-state index in [4.69, 9.17) is 11.3 Å². The molecule has 0 fully saturated rings. The quantitative estimate of drug-likeness (QED) is 0.185. The van der Waals surface area contributed by atoms with E-state index in [9.17, 15) is 0 Å². The zero-order chi connectivity index (χ0) is 37.8. The lowest BCUT2D eigenvalue weighted by Gasteiger charge is -2.12. The first kappa shape index (κ1) is 23.5. The highest BCUT2D eigenvalue weighted by Crippen LogP contribution is 2.43. The van der Waals surface area contributed by atoms with Crippen molar-refractivity contribution in [2.24, 2.45) is 0 Å². The minimum absolute atomic E-state index is 0.129. The Hall–Kier alpha value is -6.84. The van der Waals surface area contributed by atoms with Crippen molar-refractivity contribution < 1.29 is 11.3 Å². The normalized spacial score (nSPS) is 13.3. The van der Waals surface area contributed by atoms with E-state index in [2.05, 4.69) is 114 Å². The van der Waals surface area contributed by atoms with E-state index in [1.54, 1.807) is 0 Å². The van der Waals surface area contributed by atoms with Gasteiger partial charge < -0.3 is 13.6 Å². The second kappa shape index (κ2) is 10.8. The number of benzene rings is 8. The van der Waals surface area contributed by atoms with E-state index in [-0.39, 0.29) is 29.9 Å². The molecule has 238 valence electrons. The summed E-state index contributed by atoms with van der Waals surface area (Å²) in [7, 11) is 0. The fourth-order valence-corrected chi connectivity index (χ4v) is 8.04. The van der Waals surface area contributed by atoms with Gasteiger partial charge in [-0.1, -0.05) is 127 Å². The van der Waals surface area contributed by atoms with E-state index in [0.29, 0.717) is 0 Å². The van der Waals surface area contributed by atoms with Crippen molar-refractivity contribution in [2.75, 3.05) is 0 Å². The smallest absolute Gasteiger partial charge is 0.143 e. The summed E-state index contributed by atoms with van der Waals surface area (Å²) in [5.41, 5.74) is 10.6. The Balaban J connectivity index is 1.15. The summed E-state index contributed by atoms with van der Waals surface area (Å²) in [6.07, 6.45) is 0. The number of hydrogen-bond donors (Lipinski definition) is 0. The van der Waals surface area contributed by atoms with Crippen LogP contribution in [-0.2, 0) is 0 Å². The molecule has 3 aromatic heterocycles. The Morgan fingerprint density at radius 1 is 0.431 bits per heavy atom. The van der Waals surface area contributed by atoms with Crippen molar-refractivity contribution in [3.8, 4) is 33.6 Å². The average molecular weight is 656 g/mol. The molecular weight excluding hydrogens is 621 g/mol. The summed E-state index contributed by atoms with van der Waals surface area (Å²) in [6, 6.07) is 50.4. The molecule has 0 aliphatic carbocycles. The first-order valence-corrected chi connectivity index (χ1v) is 17.0. The minimum Gasteiger partial charge on any atom is -0.455 e. The summed E-state index contributed by atoms with van der Waals surface area (Å²) >= 11 is 0. The third kappa shape index (κ3) is 4.12. The molecule has 0 N–H and O–H groups in total. The van der Waals surface area contributed by atoms with Crippen LogP contribution in [0, 0.1) is 0 Å². The lowest BCUT2D eigenvalue weighted by Crippen LogP contribution is -1.96. The van der Waals surface area contributed by atoms with E-state index in [1.807, 2.05) is 47.0 Å². The van der Waals surface area contributed by atoms with Crippen LogP contribution in [0.2, 0.25) is 0 Å². The molecule has 0 spiro atoms. The summed E-state index contributed by atoms with van der Waals surface area (Å²) < 4.78 is 53.6. The molecule has 0 bridgehead atoms. The van der Waals surface area contributed by atoms with Crippen molar-refractivity contribution in [2.45, 2.75) is 0 Å². The van der Waals surface area contributed by atoms with Crippen LogP contribution < -0.4 is 0 Å². The van der Waals surface area contributed by atoms with Crippen LogP contribution in [0.4, 0.5) is 0 Å². The van der Waals surface area contributed by atoms with Gasteiger partial charge in [0.15, 0.2) is 0 Å². The second-order valence-electron chi connectivity index (χ2n) is 12.9. The van der Waals surface area contributed by atoms with Crippen LogP contribution in [0.1, 0.15) is 6.85 Å². The van der Waals surface area contributed by atoms with Gasteiger partial charge in [-0.25, -0.2) is 0 Å². The molecular formula is C48H30N2O. The second-order valence-corrected chi connectivity index (χ2v) is 12.9. The number of fused-ring (bicyclic) bond motifs is 10. The van der Waals surface area contributed by atoms with E-state index in [1.165, 1.54) is 0 Å². The number of nitrogens with zero attached hydrogens (tertiary/aromatic N) is 2. The lowest BCUT2D eigenvalue weighted by molar-refractivity contribution is 0.670. The molecule has 11 rings (SSSR count). The van der Waals surface area contributed by atoms with Gasteiger partial charge in [-0.2, -0.15) is 0 Å². The van der Waals surface area contributed by atoms with Gasteiger partial charge in [-0.15, -0.1) is 0 Å². The summed E-state index contributed by atoms with van der Waals surface area (Å²) in [4.78, 5) is 0. The maximum atomic E-state index is 8.93. The number of hydrogen-bond acceptors (Lipinski definition) is 1. The van der Waals surface area contributed by atoms with Crippen LogP contribution in [0.5, 0.6) is 0 Å². The number of aromatic nitrogens is 2. The maximum Gasteiger partial charge on any atom is 0.143 e. The fraction of sp³-hybridized carbons (Fsp3) is 0. The number of rotatable bonds is 4. The minimum atomic E-state index is -0.413. The third-order valence-electron chi connectivity index (χ3n) is 10.2. The molecule has 0 unspecified atom stereocenters. The highest BCUT2D eigenvalue weighted by atomic mass is 16.3. The molecule has 3 heterocycles. The number of para-hydroxylation sites is 5. The molecule has 0 aliphatic heterocycles. The van der Waals surface area contributed by atoms with Crippen molar-refractivity contribution in [3.05, 3.63) is 182 Å². The molecule has 3 nitrogen and oxygen atoms in total. The monoisotopic (exact) mass is 655 g/mol. The molecule has 0 amide bonds. The lowest BCUT2D eigenvalue weighted by atomic mass is 9.97. The van der Waals surface area contributed by atoms with Gasteiger partial charge in [0.2, 0.25) is 0 Å². The van der Waals surface area contributed by atoms with Crippen LogP contribution in [0.25, 0.3) is 99.2 Å². The summed E-state index contributed by atoms with van der Waals surface area (Å²) in [5.74, 6) is 0. The predicted molar refractivity (Wildman–Crippen MR) is 213 cm³/mol. The number of furan rings is 1. The van der Waals surface area contributed by atoms with Crippen molar-refractivity contribution in [1.29, 1.82) is 0 Å².